The van der Waals surface area contributed by atoms with Crippen molar-refractivity contribution < 1.29 is 23.1 Å². The van der Waals surface area contributed by atoms with E-state index in [0.717, 1.165) is 0 Å². The molecule has 0 saturated heterocycles. The van der Waals surface area contributed by atoms with E-state index in [9.17, 15) is 23.1 Å². The van der Waals surface area contributed by atoms with E-state index in [4.69, 9.17) is 5.14 Å². The van der Waals surface area contributed by atoms with Gasteiger partial charge in [0.1, 0.15) is 6.04 Å². The second-order valence-electron chi connectivity index (χ2n) is 6.20. The SMILES string of the molecule is NS(=O)(=O)c1ccc(N2C(=O)C(O)=C(C(=O)c3cccs3)C2c2cccs2)cc1. The van der Waals surface area contributed by atoms with Crippen LogP contribution in [0.25, 0.3) is 0 Å². The van der Waals surface area contributed by atoms with Crippen molar-refractivity contribution in [3.05, 3.63) is 80.4 Å². The molecule has 0 saturated carbocycles. The van der Waals surface area contributed by atoms with Crippen LogP contribution in [0.5, 0.6) is 0 Å². The predicted molar refractivity (Wildman–Crippen MR) is 111 cm³/mol. The molecule has 1 aliphatic heterocycles. The number of anilines is 1. The molecule has 0 spiro atoms. The molecule has 3 heterocycles. The lowest BCUT2D eigenvalue weighted by molar-refractivity contribution is -0.117. The molecule has 1 aliphatic rings. The third-order valence-corrected chi connectivity index (χ3v) is 7.18. The number of aliphatic hydroxyl groups is 1. The molecule has 10 heteroatoms. The molecule has 4 rings (SSSR count). The monoisotopic (exact) mass is 446 g/mol. The Bertz CT molecular complexity index is 1210. The van der Waals surface area contributed by atoms with Gasteiger partial charge >= 0.3 is 0 Å². The Hall–Kier alpha value is -2.79. The zero-order chi connectivity index (χ0) is 20.8. The Labute approximate surface area is 174 Å². The van der Waals surface area contributed by atoms with Gasteiger partial charge in [0.2, 0.25) is 15.8 Å². The quantitative estimate of drug-likeness (QED) is 0.584. The minimum absolute atomic E-state index is 0.00424. The van der Waals surface area contributed by atoms with Gasteiger partial charge in [0.15, 0.2) is 5.76 Å². The van der Waals surface area contributed by atoms with E-state index in [2.05, 4.69) is 0 Å². The van der Waals surface area contributed by atoms with E-state index >= 15 is 0 Å². The van der Waals surface area contributed by atoms with Crippen LogP contribution >= 0.6 is 22.7 Å². The third-order valence-electron chi connectivity index (χ3n) is 4.45. The van der Waals surface area contributed by atoms with Crippen molar-refractivity contribution in [2.45, 2.75) is 10.9 Å². The summed E-state index contributed by atoms with van der Waals surface area (Å²) in [6, 6.07) is 11.5. The number of nitrogens with two attached hydrogens (primary N) is 1. The molecule has 0 radical (unpaired) electrons. The normalized spacial score (nSPS) is 17.2. The number of carbonyl (C=O) groups is 2. The van der Waals surface area contributed by atoms with Gasteiger partial charge in [-0.2, -0.15) is 0 Å². The summed E-state index contributed by atoms with van der Waals surface area (Å²) in [7, 11) is -3.89. The standard InChI is InChI=1S/C19H14N2O5S3/c20-29(25,26)12-7-5-11(6-8-12)21-16(13-3-1-9-27-13)15(18(23)19(21)24)17(22)14-4-2-10-28-14/h1-10,16,23H,(H2,20,25,26). The Morgan fingerprint density at radius 2 is 1.69 bits per heavy atom. The van der Waals surface area contributed by atoms with Gasteiger partial charge in [-0.15, -0.1) is 22.7 Å². The summed E-state index contributed by atoms with van der Waals surface area (Å²) in [6.45, 7) is 0. The topological polar surface area (TPSA) is 118 Å². The molecule has 1 aromatic carbocycles. The largest absolute Gasteiger partial charge is 0.503 e. The second-order valence-corrected chi connectivity index (χ2v) is 9.69. The number of hydrogen-bond donors (Lipinski definition) is 2. The van der Waals surface area contributed by atoms with Crippen molar-refractivity contribution in [3.63, 3.8) is 0 Å². The van der Waals surface area contributed by atoms with Crippen molar-refractivity contribution in [1.29, 1.82) is 0 Å². The summed E-state index contributed by atoms with van der Waals surface area (Å²) in [6.07, 6.45) is 0. The summed E-state index contributed by atoms with van der Waals surface area (Å²) in [5.74, 6) is -1.77. The highest BCUT2D eigenvalue weighted by atomic mass is 32.2. The minimum Gasteiger partial charge on any atom is -0.503 e. The molecule has 1 amide bonds. The summed E-state index contributed by atoms with van der Waals surface area (Å²) < 4.78 is 23.0. The van der Waals surface area contributed by atoms with E-state index in [1.165, 1.54) is 51.8 Å². The highest BCUT2D eigenvalue weighted by molar-refractivity contribution is 7.89. The second kappa shape index (κ2) is 7.23. The molecule has 0 fully saturated rings. The molecule has 7 nitrogen and oxygen atoms in total. The molecular weight excluding hydrogens is 432 g/mol. The number of nitrogens with zero attached hydrogens (tertiary/aromatic N) is 1. The number of Topliss-reactive ketones (excluding diaryl/α,β-unsaturated/α-hetero) is 1. The van der Waals surface area contributed by atoms with Crippen LogP contribution in [-0.2, 0) is 14.8 Å². The van der Waals surface area contributed by atoms with Crippen molar-refractivity contribution in [1.82, 2.24) is 0 Å². The average molecular weight is 447 g/mol. The first-order valence-corrected chi connectivity index (χ1v) is 11.6. The maximum Gasteiger partial charge on any atom is 0.294 e. The predicted octanol–water partition coefficient (Wildman–Crippen LogP) is 3.24. The van der Waals surface area contributed by atoms with Crippen molar-refractivity contribution in [2.24, 2.45) is 5.14 Å². The first-order chi connectivity index (χ1) is 13.8. The van der Waals surface area contributed by atoms with Crippen molar-refractivity contribution >= 4 is 50.1 Å². The van der Waals surface area contributed by atoms with Crippen LogP contribution in [0.2, 0.25) is 0 Å². The number of carbonyl (C=O) groups excluding carboxylic acids is 2. The van der Waals surface area contributed by atoms with Crippen molar-refractivity contribution in [2.75, 3.05) is 4.90 Å². The first kappa shape index (κ1) is 19.5. The van der Waals surface area contributed by atoms with Crippen LogP contribution in [0, 0.1) is 0 Å². The van der Waals surface area contributed by atoms with Gasteiger partial charge in [-0.1, -0.05) is 12.1 Å². The highest BCUT2D eigenvalue weighted by Crippen LogP contribution is 2.43. The molecule has 1 unspecified atom stereocenters. The fourth-order valence-electron chi connectivity index (χ4n) is 3.16. The van der Waals surface area contributed by atoms with Gasteiger partial charge < -0.3 is 5.11 Å². The summed E-state index contributed by atoms with van der Waals surface area (Å²) in [4.78, 5) is 28.2. The molecule has 1 atom stereocenters. The number of rotatable bonds is 5. The molecule has 3 N–H and O–H groups in total. The van der Waals surface area contributed by atoms with Crippen LogP contribution in [0.3, 0.4) is 0 Å². The lowest BCUT2D eigenvalue weighted by Crippen LogP contribution is -2.30. The molecular formula is C19H14N2O5S3. The Morgan fingerprint density at radius 3 is 2.24 bits per heavy atom. The van der Waals surface area contributed by atoms with Crippen molar-refractivity contribution in [3.8, 4) is 0 Å². The molecule has 3 aromatic rings. The maximum atomic E-state index is 13.1. The summed E-state index contributed by atoms with van der Waals surface area (Å²) in [5, 5.41) is 19.3. The Balaban J connectivity index is 1.83. The molecule has 0 bridgehead atoms. The Morgan fingerprint density at radius 1 is 1.03 bits per heavy atom. The number of sulfonamides is 1. The van der Waals surface area contributed by atoms with Gasteiger partial charge in [0.05, 0.1) is 15.3 Å². The van der Waals surface area contributed by atoms with Crippen LogP contribution in [0.4, 0.5) is 5.69 Å². The number of aliphatic hydroxyl groups excluding tert-OH is 1. The zero-order valence-electron chi connectivity index (χ0n) is 14.7. The van der Waals surface area contributed by atoms with Gasteiger partial charge in [0, 0.05) is 10.6 Å². The lowest BCUT2D eigenvalue weighted by Gasteiger charge is -2.25. The van der Waals surface area contributed by atoms with Crippen LogP contribution in [-0.4, -0.2) is 25.2 Å². The van der Waals surface area contributed by atoms with Gasteiger partial charge in [-0.05, 0) is 47.2 Å². The number of thiophene rings is 2. The van der Waals surface area contributed by atoms with Gasteiger partial charge in [-0.3, -0.25) is 14.5 Å². The van der Waals surface area contributed by atoms with E-state index < -0.39 is 33.5 Å². The van der Waals surface area contributed by atoms with Crippen LogP contribution in [0.1, 0.15) is 20.6 Å². The first-order valence-electron chi connectivity index (χ1n) is 8.30. The summed E-state index contributed by atoms with van der Waals surface area (Å²) in [5.41, 5.74) is 0.330. The third kappa shape index (κ3) is 3.40. The van der Waals surface area contributed by atoms with E-state index in [1.54, 1.807) is 29.6 Å². The van der Waals surface area contributed by atoms with Crippen LogP contribution in [0.15, 0.2) is 75.5 Å². The maximum absolute atomic E-state index is 13.1. The minimum atomic E-state index is -3.89. The van der Waals surface area contributed by atoms with E-state index in [-0.39, 0.29) is 10.5 Å². The van der Waals surface area contributed by atoms with Gasteiger partial charge in [0.25, 0.3) is 5.91 Å². The number of benzene rings is 1. The average Bonchev–Trinajstić information content (AvgIpc) is 3.43. The molecule has 148 valence electrons. The van der Waals surface area contributed by atoms with E-state index in [1.807, 2.05) is 5.38 Å². The smallest absolute Gasteiger partial charge is 0.294 e. The zero-order valence-corrected chi connectivity index (χ0v) is 17.1. The number of ketones is 1. The number of amides is 1. The van der Waals surface area contributed by atoms with E-state index in [0.29, 0.717) is 15.4 Å². The molecule has 2 aromatic heterocycles. The molecule has 29 heavy (non-hydrogen) atoms. The lowest BCUT2D eigenvalue weighted by atomic mass is 10.0. The molecule has 0 aliphatic carbocycles. The fraction of sp³-hybridized carbons (Fsp3) is 0.0526. The Kier molecular flexibility index (Phi) is 4.87. The number of primary sulfonamides is 1. The highest BCUT2D eigenvalue weighted by Gasteiger charge is 2.45. The van der Waals surface area contributed by atoms with Crippen LogP contribution < -0.4 is 10.0 Å². The number of hydrogen-bond acceptors (Lipinski definition) is 7. The summed E-state index contributed by atoms with van der Waals surface area (Å²) >= 11 is 2.56. The fourth-order valence-corrected chi connectivity index (χ4v) is 5.17. The van der Waals surface area contributed by atoms with Gasteiger partial charge in [-0.25, -0.2) is 13.6 Å².